The van der Waals surface area contributed by atoms with Gasteiger partial charge in [0, 0.05) is 0 Å². The molecule has 3 nitrogen and oxygen atoms in total. The average molecular weight is 239 g/mol. The van der Waals surface area contributed by atoms with Gasteiger partial charge in [-0.15, -0.1) is 0 Å². The highest BCUT2D eigenvalue weighted by Gasteiger charge is 2.36. The molecule has 0 aliphatic heterocycles. The second kappa shape index (κ2) is 3.73. The van der Waals surface area contributed by atoms with Crippen LogP contribution in [0.4, 0.5) is 18.9 Å². The average Bonchev–Trinajstić information content (AvgIpc) is 1.99. The quantitative estimate of drug-likeness (QED) is 0.797. The zero-order valence-electron chi connectivity index (χ0n) is 7.45. The van der Waals surface area contributed by atoms with Crippen LogP contribution in [0.2, 0.25) is 0 Å². The van der Waals surface area contributed by atoms with Crippen LogP contribution < -0.4 is 5.73 Å². The minimum atomic E-state index is -4.76. The molecule has 1 aromatic rings. The van der Waals surface area contributed by atoms with Crippen LogP contribution >= 0.6 is 0 Å². The van der Waals surface area contributed by atoms with E-state index in [1.54, 1.807) is 0 Å². The van der Waals surface area contributed by atoms with Crippen LogP contribution in [0.1, 0.15) is 0 Å². The number of hydrogen-bond acceptors (Lipinski definition) is 3. The van der Waals surface area contributed by atoms with E-state index in [1.165, 1.54) is 18.2 Å². The van der Waals surface area contributed by atoms with E-state index in [0.717, 1.165) is 6.07 Å². The van der Waals surface area contributed by atoms with E-state index in [9.17, 15) is 21.6 Å². The second-order valence-electron chi connectivity index (χ2n) is 2.91. The van der Waals surface area contributed by atoms with Crippen LogP contribution in [0.3, 0.4) is 0 Å². The first kappa shape index (κ1) is 11.8. The third-order valence-electron chi connectivity index (χ3n) is 1.61. The van der Waals surface area contributed by atoms with Crippen molar-refractivity contribution in [3.05, 3.63) is 24.3 Å². The molecule has 1 rings (SSSR count). The molecule has 0 amide bonds. The van der Waals surface area contributed by atoms with Crippen LogP contribution in [0.25, 0.3) is 0 Å². The molecule has 7 heteroatoms. The van der Waals surface area contributed by atoms with E-state index >= 15 is 0 Å². The Morgan fingerprint density at radius 3 is 2.20 bits per heavy atom. The van der Waals surface area contributed by atoms with E-state index in [2.05, 4.69) is 0 Å². The molecular formula is C8H8F3NO2S. The van der Waals surface area contributed by atoms with Crippen LogP contribution in [-0.4, -0.2) is 20.3 Å². The Hall–Kier alpha value is -1.24. The Morgan fingerprint density at radius 2 is 1.73 bits per heavy atom. The summed E-state index contributed by atoms with van der Waals surface area (Å²) in [6.45, 7) is 0. The van der Waals surface area contributed by atoms with Crippen LogP contribution in [0.5, 0.6) is 0 Å². The summed E-state index contributed by atoms with van der Waals surface area (Å²) in [4.78, 5) is -0.484. The van der Waals surface area contributed by atoms with Crippen LogP contribution in [0, 0.1) is 0 Å². The Balaban J connectivity index is 3.13. The molecule has 0 atom stereocenters. The Labute approximate surface area is 84.6 Å². The van der Waals surface area contributed by atoms with Crippen molar-refractivity contribution in [3.8, 4) is 0 Å². The molecule has 0 saturated carbocycles. The molecule has 0 heterocycles. The number of hydrogen-bond donors (Lipinski definition) is 1. The third kappa shape index (κ3) is 3.12. The zero-order valence-corrected chi connectivity index (χ0v) is 8.27. The summed E-state index contributed by atoms with van der Waals surface area (Å²) >= 11 is 0. The number of halogens is 3. The zero-order chi connectivity index (χ0) is 11.7. The van der Waals surface area contributed by atoms with E-state index in [-0.39, 0.29) is 5.69 Å². The molecule has 0 fully saturated rings. The van der Waals surface area contributed by atoms with Crippen molar-refractivity contribution in [2.75, 3.05) is 11.5 Å². The van der Waals surface area contributed by atoms with Gasteiger partial charge in [-0.3, -0.25) is 0 Å². The molecule has 1 aromatic carbocycles. The van der Waals surface area contributed by atoms with Gasteiger partial charge in [0.15, 0.2) is 15.6 Å². The monoisotopic (exact) mass is 239 g/mol. The first-order valence-corrected chi connectivity index (χ1v) is 5.51. The van der Waals surface area contributed by atoms with Gasteiger partial charge in [-0.25, -0.2) is 8.42 Å². The minimum Gasteiger partial charge on any atom is -0.398 e. The van der Waals surface area contributed by atoms with Gasteiger partial charge in [0.05, 0.1) is 10.6 Å². The van der Waals surface area contributed by atoms with Crippen molar-refractivity contribution in [2.45, 2.75) is 11.1 Å². The smallest absolute Gasteiger partial charge is 0.398 e. The largest absolute Gasteiger partial charge is 0.403 e. The summed E-state index contributed by atoms with van der Waals surface area (Å²) in [6.07, 6.45) is -4.76. The maximum absolute atomic E-state index is 11.9. The fourth-order valence-electron chi connectivity index (χ4n) is 1.06. The van der Waals surface area contributed by atoms with E-state index in [4.69, 9.17) is 5.73 Å². The van der Waals surface area contributed by atoms with Gasteiger partial charge < -0.3 is 5.73 Å². The van der Waals surface area contributed by atoms with Crippen LogP contribution in [0.15, 0.2) is 29.2 Å². The summed E-state index contributed by atoms with van der Waals surface area (Å²) in [5, 5.41) is 0. The van der Waals surface area contributed by atoms with Crippen molar-refractivity contribution in [1.29, 1.82) is 0 Å². The summed E-state index contributed by atoms with van der Waals surface area (Å²) in [7, 11) is -4.40. The predicted octanol–water partition coefficient (Wildman–Crippen LogP) is 1.60. The molecule has 0 saturated heterocycles. The maximum Gasteiger partial charge on any atom is 0.403 e. The van der Waals surface area contributed by atoms with Gasteiger partial charge in [0.2, 0.25) is 0 Å². The Bertz CT molecular complexity index is 453. The van der Waals surface area contributed by atoms with Gasteiger partial charge in [-0.2, -0.15) is 13.2 Å². The van der Waals surface area contributed by atoms with Gasteiger partial charge >= 0.3 is 6.18 Å². The molecule has 0 aromatic heterocycles. The fourth-order valence-corrected chi connectivity index (χ4v) is 2.36. The fraction of sp³-hybridized carbons (Fsp3) is 0.250. The molecule has 0 unspecified atom stereocenters. The van der Waals surface area contributed by atoms with Gasteiger partial charge in [0.25, 0.3) is 0 Å². The number of alkyl halides is 3. The summed E-state index contributed by atoms with van der Waals surface area (Å²) < 4.78 is 58.4. The lowest BCUT2D eigenvalue weighted by molar-refractivity contribution is -0.106. The number of benzene rings is 1. The van der Waals surface area contributed by atoms with Gasteiger partial charge in [0.1, 0.15) is 0 Å². The molecule has 84 valence electrons. The van der Waals surface area contributed by atoms with Crippen molar-refractivity contribution >= 4 is 15.5 Å². The maximum atomic E-state index is 11.9. The van der Waals surface area contributed by atoms with Crippen molar-refractivity contribution in [3.63, 3.8) is 0 Å². The van der Waals surface area contributed by atoms with Crippen molar-refractivity contribution < 1.29 is 21.6 Å². The van der Waals surface area contributed by atoms with E-state index < -0.39 is 26.7 Å². The summed E-state index contributed by atoms with van der Waals surface area (Å²) in [5.41, 5.74) is 5.10. The van der Waals surface area contributed by atoms with Gasteiger partial charge in [-0.1, -0.05) is 12.1 Å². The first-order chi connectivity index (χ1) is 6.72. The standard InChI is InChI=1S/C8H8F3NO2S/c9-8(10,11)5-15(13,14)7-4-2-1-3-6(7)12/h1-4H,5,12H2. The highest BCUT2D eigenvalue weighted by atomic mass is 32.2. The summed E-state index contributed by atoms with van der Waals surface area (Å²) in [6, 6.07) is 5.06. The lowest BCUT2D eigenvalue weighted by atomic mass is 10.3. The van der Waals surface area contributed by atoms with Crippen molar-refractivity contribution in [1.82, 2.24) is 0 Å². The molecule has 15 heavy (non-hydrogen) atoms. The third-order valence-corrected chi connectivity index (χ3v) is 3.36. The molecule has 0 radical (unpaired) electrons. The normalized spacial score (nSPS) is 12.7. The van der Waals surface area contributed by atoms with E-state index in [1.807, 2.05) is 0 Å². The number of rotatable bonds is 2. The van der Waals surface area contributed by atoms with E-state index in [0.29, 0.717) is 0 Å². The SMILES string of the molecule is Nc1ccccc1S(=O)(=O)CC(F)(F)F. The molecule has 0 aliphatic carbocycles. The lowest BCUT2D eigenvalue weighted by Crippen LogP contribution is -2.23. The summed E-state index contributed by atoms with van der Waals surface area (Å²) in [5.74, 6) is -1.89. The number of para-hydroxylation sites is 1. The highest BCUT2D eigenvalue weighted by Crippen LogP contribution is 2.25. The Morgan fingerprint density at radius 1 is 1.20 bits per heavy atom. The number of anilines is 1. The minimum absolute atomic E-state index is 0.179. The first-order valence-electron chi connectivity index (χ1n) is 3.86. The van der Waals surface area contributed by atoms with Crippen LogP contribution in [-0.2, 0) is 9.84 Å². The number of nitrogens with two attached hydrogens (primary N) is 1. The lowest BCUT2D eigenvalue weighted by Gasteiger charge is -2.09. The highest BCUT2D eigenvalue weighted by molar-refractivity contribution is 7.91. The topological polar surface area (TPSA) is 60.2 Å². The Kier molecular flexibility index (Phi) is 2.94. The second-order valence-corrected chi connectivity index (χ2v) is 4.87. The molecule has 0 aliphatic rings. The van der Waals surface area contributed by atoms with Gasteiger partial charge in [-0.05, 0) is 12.1 Å². The van der Waals surface area contributed by atoms with Crippen molar-refractivity contribution in [2.24, 2.45) is 0 Å². The molecule has 2 N–H and O–H groups in total. The molecular weight excluding hydrogens is 231 g/mol. The number of nitrogen functional groups attached to an aromatic ring is 1. The molecule has 0 spiro atoms. The number of sulfone groups is 1. The predicted molar refractivity (Wildman–Crippen MR) is 49.0 cm³/mol. The molecule has 0 bridgehead atoms.